The monoisotopic (exact) mass is 447 g/mol. The van der Waals surface area contributed by atoms with Crippen LogP contribution in [0.15, 0.2) is 48.5 Å². The standard InChI is InChI=1S/C23H29NO6S/c1-22(2,3)30-21(25)23(4)15-29-31(26)24(23)20(16-7-11-18(27-5)12-8-16)17-9-13-19(28-6)14-10-17/h7-14,20H,15H2,1-6H3. The van der Waals surface area contributed by atoms with Crippen molar-refractivity contribution in [1.29, 1.82) is 0 Å². The van der Waals surface area contributed by atoms with E-state index in [1.807, 2.05) is 48.5 Å². The number of hydrogen-bond donors (Lipinski definition) is 0. The second-order valence-corrected chi connectivity index (χ2v) is 9.59. The van der Waals surface area contributed by atoms with Gasteiger partial charge >= 0.3 is 5.97 Å². The Balaban J connectivity index is 2.11. The normalized spacial score (nSPS) is 21.8. The zero-order valence-corrected chi connectivity index (χ0v) is 19.5. The predicted octanol–water partition coefficient (Wildman–Crippen LogP) is 3.80. The Morgan fingerprint density at radius 3 is 1.84 bits per heavy atom. The predicted molar refractivity (Wildman–Crippen MR) is 118 cm³/mol. The van der Waals surface area contributed by atoms with Crippen molar-refractivity contribution < 1.29 is 27.4 Å². The van der Waals surface area contributed by atoms with E-state index in [4.69, 9.17) is 18.4 Å². The van der Waals surface area contributed by atoms with Crippen molar-refractivity contribution in [2.75, 3.05) is 20.8 Å². The molecule has 1 saturated heterocycles. The number of rotatable bonds is 6. The molecule has 2 unspecified atom stereocenters. The van der Waals surface area contributed by atoms with Crippen LogP contribution < -0.4 is 9.47 Å². The highest BCUT2D eigenvalue weighted by Crippen LogP contribution is 2.41. The molecular weight excluding hydrogens is 418 g/mol. The average molecular weight is 448 g/mol. The van der Waals surface area contributed by atoms with Gasteiger partial charge in [0.15, 0.2) is 5.54 Å². The second-order valence-electron chi connectivity index (χ2n) is 8.53. The first-order valence-corrected chi connectivity index (χ1v) is 11.0. The molecule has 1 heterocycles. The largest absolute Gasteiger partial charge is 0.497 e. The van der Waals surface area contributed by atoms with Crippen LogP contribution >= 0.6 is 0 Å². The summed E-state index contributed by atoms with van der Waals surface area (Å²) in [5, 5.41) is 0. The summed E-state index contributed by atoms with van der Waals surface area (Å²) < 4.78 is 36.3. The molecule has 0 aromatic heterocycles. The van der Waals surface area contributed by atoms with Gasteiger partial charge in [0.25, 0.3) is 0 Å². The van der Waals surface area contributed by atoms with Gasteiger partial charge in [-0.3, -0.25) is 4.18 Å². The molecule has 0 N–H and O–H groups in total. The van der Waals surface area contributed by atoms with Crippen molar-refractivity contribution in [1.82, 2.24) is 4.31 Å². The third-order valence-corrected chi connectivity index (χ3v) is 6.28. The van der Waals surface area contributed by atoms with Crippen LogP contribution in [0.25, 0.3) is 0 Å². The molecule has 168 valence electrons. The van der Waals surface area contributed by atoms with Crippen molar-refractivity contribution in [3.8, 4) is 11.5 Å². The minimum absolute atomic E-state index is 0.0443. The molecule has 1 aliphatic rings. The molecule has 0 spiro atoms. The minimum atomic E-state index is -1.85. The smallest absolute Gasteiger partial charge is 0.330 e. The first kappa shape index (κ1) is 23.2. The number of hydrogen-bond acceptors (Lipinski definition) is 6. The van der Waals surface area contributed by atoms with Crippen LogP contribution in [-0.4, -0.2) is 46.4 Å². The Morgan fingerprint density at radius 1 is 1.00 bits per heavy atom. The number of carbonyl (C=O) groups is 1. The zero-order valence-electron chi connectivity index (χ0n) is 18.7. The summed E-state index contributed by atoms with van der Waals surface area (Å²) in [5.74, 6) is 0.912. The van der Waals surface area contributed by atoms with Gasteiger partial charge in [0.2, 0.25) is 11.3 Å². The average Bonchev–Trinajstić information content (AvgIpc) is 3.04. The van der Waals surface area contributed by atoms with E-state index in [1.54, 1.807) is 46.2 Å². The van der Waals surface area contributed by atoms with E-state index < -0.39 is 34.4 Å². The van der Waals surface area contributed by atoms with Crippen LogP contribution in [0.2, 0.25) is 0 Å². The molecule has 31 heavy (non-hydrogen) atoms. The third-order valence-electron chi connectivity index (χ3n) is 5.02. The van der Waals surface area contributed by atoms with Crippen LogP contribution in [0.1, 0.15) is 44.9 Å². The fourth-order valence-electron chi connectivity index (χ4n) is 3.39. The molecule has 2 atom stereocenters. The number of ether oxygens (including phenoxy) is 3. The summed E-state index contributed by atoms with van der Waals surface area (Å²) >= 11 is -1.85. The summed E-state index contributed by atoms with van der Waals surface area (Å²) in [6, 6.07) is 14.3. The van der Waals surface area contributed by atoms with E-state index in [1.165, 1.54) is 0 Å². The van der Waals surface area contributed by atoms with Crippen molar-refractivity contribution in [3.63, 3.8) is 0 Å². The lowest BCUT2D eigenvalue weighted by atomic mass is 9.93. The van der Waals surface area contributed by atoms with Gasteiger partial charge in [0.05, 0.1) is 26.9 Å². The molecule has 3 rings (SSSR count). The van der Waals surface area contributed by atoms with Gasteiger partial charge in [-0.05, 0) is 63.1 Å². The first-order valence-electron chi connectivity index (χ1n) is 9.95. The molecule has 0 amide bonds. The quantitative estimate of drug-likeness (QED) is 0.627. The minimum Gasteiger partial charge on any atom is -0.497 e. The van der Waals surface area contributed by atoms with Gasteiger partial charge in [-0.25, -0.2) is 9.00 Å². The third kappa shape index (κ3) is 4.92. The van der Waals surface area contributed by atoms with Gasteiger partial charge in [0, 0.05) is 0 Å². The maximum absolute atomic E-state index is 13.2. The van der Waals surface area contributed by atoms with Crippen molar-refractivity contribution in [2.24, 2.45) is 0 Å². The SMILES string of the molecule is COc1ccc(C(c2ccc(OC)cc2)N2S(=O)OCC2(C)C(=O)OC(C)(C)C)cc1. The Morgan fingerprint density at radius 2 is 1.45 bits per heavy atom. The van der Waals surface area contributed by atoms with Gasteiger partial charge in [-0.15, -0.1) is 0 Å². The Bertz CT molecular complexity index is 891. The topological polar surface area (TPSA) is 74.3 Å². The van der Waals surface area contributed by atoms with E-state index in [0.717, 1.165) is 11.1 Å². The molecule has 2 aromatic rings. The number of esters is 1. The number of methoxy groups -OCH3 is 2. The Kier molecular flexibility index (Phi) is 6.73. The van der Waals surface area contributed by atoms with Crippen LogP contribution in [-0.2, 0) is 25.0 Å². The maximum Gasteiger partial charge on any atom is 0.330 e. The number of carbonyl (C=O) groups excluding carboxylic acids is 1. The lowest BCUT2D eigenvalue weighted by molar-refractivity contribution is -0.166. The fraction of sp³-hybridized carbons (Fsp3) is 0.435. The molecular formula is C23H29NO6S. The van der Waals surface area contributed by atoms with E-state index in [9.17, 15) is 9.00 Å². The van der Waals surface area contributed by atoms with Crippen LogP contribution in [0.5, 0.6) is 11.5 Å². The van der Waals surface area contributed by atoms with Crippen LogP contribution in [0.4, 0.5) is 0 Å². The molecule has 2 aromatic carbocycles. The molecule has 1 aliphatic heterocycles. The summed E-state index contributed by atoms with van der Waals surface area (Å²) in [6.45, 7) is 7.06. The highest BCUT2D eigenvalue weighted by molar-refractivity contribution is 7.78. The van der Waals surface area contributed by atoms with E-state index in [-0.39, 0.29) is 6.61 Å². The molecule has 0 bridgehead atoms. The zero-order chi connectivity index (χ0) is 22.8. The highest BCUT2D eigenvalue weighted by atomic mass is 32.2. The summed E-state index contributed by atoms with van der Waals surface area (Å²) in [7, 11) is 3.19. The molecule has 1 fully saturated rings. The van der Waals surface area contributed by atoms with Gasteiger partial charge in [0.1, 0.15) is 17.1 Å². The fourth-order valence-corrected chi connectivity index (χ4v) is 4.71. The molecule has 0 aliphatic carbocycles. The molecule has 7 nitrogen and oxygen atoms in total. The number of nitrogens with zero attached hydrogens (tertiary/aromatic N) is 1. The van der Waals surface area contributed by atoms with E-state index in [0.29, 0.717) is 11.5 Å². The van der Waals surface area contributed by atoms with Crippen molar-refractivity contribution >= 4 is 17.2 Å². The molecule has 0 radical (unpaired) electrons. The van der Waals surface area contributed by atoms with Gasteiger partial charge in [-0.2, -0.15) is 4.31 Å². The van der Waals surface area contributed by atoms with E-state index >= 15 is 0 Å². The first-order chi connectivity index (χ1) is 14.6. The summed E-state index contributed by atoms with van der Waals surface area (Å²) in [4.78, 5) is 13.2. The van der Waals surface area contributed by atoms with Gasteiger partial charge in [-0.1, -0.05) is 24.3 Å². The maximum atomic E-state index is 13.2. The lowest BCUT2D eigenvalue weighted by Gasteiger charge is -2.37. The van der Waals surface area contributed by atoms with E-state index in [2.05, 4.69) is 0 Å². The van der Waals surface area contributed by atoms with Crippen molar-refractivity contribution in [2.45, 2.75) is 44.9 Å². The van der Waals surface area contributed by atoms with Crippen molar-refractivity contribution in [3.05, 3.63) is 59.7 Å². The van der Waals surface area contributed by atoms with Gasteiger partial charge < -0.3 is 14.2 Å². The summed E-state index contributed by atoms with van der Waals surface area (Å²) in [5.41, 5.74) is -0.270. The number of benzene rings is 2. The second kappa shape index (κ2) is 8.98. The van der Waals surface area contributed by atoms with Crippen LogP contribution in [0.3, 0.4) is 0 Å². The Labute approximate surface area is 186 Å². The lowest BCUT2D eigenvalue weighted by Crippen LogP contribution is -2.54. The molecule has 8 heteroatoms. The Hall–Kier alpha value is -2.42. The van der Waals surface area contributed by atoms with Crippen LogP contribution in [0, 0.1) is 0 Å². The molecule has 0 saturated carbocycles. The summed E-state index contributed by atoms with van der Waals surface area (Å²) in [6.07, 6.45) is 0. The highest BCUT2D eigenvalue weighted by Gasteiger charge is 2.54.